The lowest BCUT2D eigenvalue weighted by Crippen LogP contribution is -2.49. The maximum Gasteiger partial charge on any atom is 0.254 e. The Labute approximate surface area is 180 Å². The van der Waals surface area contributed by atoms with Crippen LogP contribution in [0.5, 0.6) is 0 Å². The molecular weight excluding hydrogens is 418 g/mol. The lowest BCUT2D eigenvalue weighted by atomic mass is 9.96. The first-order valence-corrected chi connectivity index (χ1v) is 12.1. The molecule has 2 heterocycles. The number of benzene rings is 2. The van der Waals surface area contributed by atoms with Gasteiger partial charge >= 0.3 is 0 Å². The monoisotopic (exact) mass is 441 g/mol. The minimum atomic E-state index is -3.79. The van der Waals surface area contributed by atoms with Crippen LogP contribution < -0.4 is 5.14 Å². The number of sulfonamides is 1. The van der Waals surface area contributed by atoms with Crippen LogP contribution >= 0.6 is 11.3 Å². The van der Waals surface area contributed by atoms with Crippen molar-refractivity contribution in [1.29, 1.82) is 0 Å². The minimum Gasteiger partial charge on any atom is -0.336 e. The highest BCUT2D eigenvalue weighted by Gasteiger charge is 2.29. The van der Waals surface area contributed by atoms with Crippen molar-refractivity contribution in [3.8, 4) is 0 Å². The Morgan fingerprint density at radius 1 is 0.900 bits per heavy atom. The van der Waals surface area contributed by atoms with Crippen molar-refractivity contribution in [2.45, 2.75) is 10.3 Å². The van der Waals surface area contributed by atoms with Crippen LogP contribution in [-0.2, 0) is 10.0 Å². The van der Waals surface area contributed by atoms with Crippen molar-refractivity contribution in [3.05, 3.63) is 88.8 Å². The molecule has 0 spiro atoms. The minimum absolute atomic E-state index is 0.0118. The van der Waals surface area contributed by atoms with Gasteiger partial charge in [0.05, 0.1) is 11.6 Å². The van der Waals surface area contributed by atoms with Crippen LogP contribution in [-0.4, -0.2) is 50.3 Å². The zero-order valence-electron chi connectivity index (χ0n) is 16.3. The molecule has 4 rings (SSSR count). The number of hydrogen-bond donors (Lipinski definition) is 1. The van der Waals surface area contributed by atoms with Crippen molar-refractivity contribution < 1.29 is 13.2 Å². The molecule has 1 amide bonds. The van der Waals surface area contributed by atoms with Gasteiger partial charge in [-0.1, -0.05) is 60.7 Å². The van der Waals surface area contributed by atoms with E-state index in [4.69, 9.17) is 5.14 Å². The largest absolute Gasteiger partial charge is 0.336 e. The van der Waals surface area contributed by atoms with Crippen LogP contribution in [0, 0.1) is 0 Å². The summed E-state index contributed by atoms with van der Waals surface area (Å²) in [5.74, 6) is -0.156. The Kier molecular flexibility index (Phi) is 6.01. The van der Waals surface area contributed by atoms with Gasteiger partial charge in [0, 0.05) is 31.6 Å². The molecule has 156 valence electrons. The van der Waals surface area contributed by atoms with Crippen molar-refractivity contribution in [2.24, 2.45) is 5.14 Å². The Morgan fingerprint density at radius 3 is 1.90 bits per heavy atom. The molecule has 1 aromatic heterocycles. The Bertz CT molecular complexity index is 1070. The molecule has 30 heavy (non-hydrogen) atoms. The SMILES string of the molecule is NS(=O)(=O)c1cc(C(=O)N2CCN(C(c3ccccc3)c3ccccc3)CC2)cs1. The molecule has 0 bridgehead atoms. The fourth-order valence-corrected chi connectivity index (χ4v) is 5.41. The van der Waals surface area contributed by atoms with E-state index in [0.717, 1.165) is 24.4 Å². The highest BCUT2D eigenvalue weighted by atomic mass is 32.2. The van der Waals surface area contributed by atoms with Crippen LogP contribution in [0.4, 0.5) is 0 Å². The number of carbonyl (C=O) groups excluding carboxylic acids is 1. The van der Waals surface area contributed by atoms with Crippen LogP contribution in [0.1, 0.15) is 27.5 Å². The van der Waals surface area contributed by atoms with Crippen molar-refractivity contribution in [1.82, 2.24) is 9.80 Å². The van der Waals surface area contributed by atoms with Crippen LogP contribution in [0.15, 0.2) is 76.3 Å². The predicted octanol–water partition coefficient (Wildman–Crippen LogP) is 2.94. The van der Waals surface area contributed by atoms with E-state index in [2.05, 4.69) is 29.2 Å². The number of thiophene rings is 1. The van der Waals surface area contributed by atoms with Crippen molar-refractivity contribution in [3.63, 3.8) is 0 Å². The van der Waals surface area contributed by atoms with E-state index in [0.29, 0.717) is 18.7 Å². The van der Waals surface area contributed by atoms with E-state index in [-0.39, 0.29) is 16.2 Å². The Balaban J connectivity index is 1.50. The maximum atomic E-state index is 12.8. The molecule has 1 aliphatic rings. The normalized spacial score (nSPS) is 15.5. The summed E-state index contributed by atoms with van der Waals surface area (Å²) in [5, 5.41) is 6.72. The van der Waals surface area contributed by atoms with Gasteiger partial charge in [-0.05, 0) is 17.2 Å². The average Bonchev–Trinajstić information content (AvgIpc) is 3.27. The summed E-state index contributed by atoms with van der Waals surface area (Å²) in [7, 11) is -3.79. The van der Waals surface area contributed by atoms with E-state index in [1.54, 1.807) is 10.3 Å². The second-order valence-corrected chi connectivity index (χ2v) is 9.95. The quantitative estimate of drug-likeness (QED) is 0.660. The highest BCUT2D eigenvalue weighted by Crippen LogP contribution is 2.30. The van der Waals surface area contributed by atoms with Gasteiger partial charge < -0.3 is 4.90 Å². The molecule has 8 heteroatoms. The zero-order valence-corrected chi connectivity index (χ0v) is 18.0. The van der Waals surface area contributed by atoms with Crippen LogP contribution in [0.3, 0.4) is 0 Å². The fraction of sp³-hybridized carbons (Fsp3) is 0.227. The van der Waals surface area contributed by atoms with Gasteiger partial charge in [0.1, 0.15) is 4.21 Å². The highest BCUT2D eigenvalue weighted by molar-refractivity contribution is 7.91. The Hall–Kier alpha value is -2.52. The van der Waals surface area contributed by atoms with E-state index >= 15 is 0 Å². The van der Waals surface area contributed by atoms with Gasteiger partial charge in [0.25, 0.3) is 5.91 Å². The Morgan fingerprint density at radius 2 is 1.43 bits per heavy atom. The first-order valence-electron chi connectivity index (χ1n) is 9.68. The van der Waals surface area contributed by atoms with E-state index < -0.39 is 10.0 Å². The van der Waals surface area contributed by atoms with E-state index in [9.17, 15) is 13.2 Å². The zero-order chi connectivity index (χ0) is 21.1. The first kappa shape index (κ1) is 20.7. The number of piperazine rings is 1. The lowest BCUT2D eigenvalue weighted by Gasteiger charge is -2.39. The van der Waals surface area contributed by atoms with Crippen molar-refractivity contribution >= 4 is 27.3 Å². The maximum absolute atomic E-state index is 12.8. The van der Waals surface area contributed by atoms with Crippen molar-refractivity contribution in [2.75, 3.05) is 26.2 Å². The molecule has 0 unspecified atom stereocenters. The molecule has 1 fully saturated rings. The van der Waals surface area contributed by atoms with Gasteiger partial charge in [-0.2, -0.15) is 0 Å². The second kappa shape index (κ2) is 8.69. The number of nitrogens with two attached hydrogens (primary N) is 1. The average molecular weight is 442 g/mol. The van der Waals surface area contributed by atoms with Crippen LogP contribution in [0.2, 0.25) is 0 Å². The molecule has 6 nitrogen and oxygen atoms in total. The topological polar surface area (TPSA) is 83.7 Å². The molecule has 2 N–H and O–H groups in total. The first-order chi connectivity index (χ1) is 14.4. The third kappa shape index (κ3) is 4.46. The number of amides is 1. The summed E-state index contributed by atoms with van der Waals surface area (Å²) >= 11 is 0.978. The molecule has 0 radical (unpaired) electrons. The lowest BCUT2D eigenvalue weighted by molar-refractivity contribution is 0.0598. The van der Waals surface area contributed by atoms with E-state index in [1.807, 2.05) is 36.4 Å². The summed E-state index contributed by atoms with van der Waals surface area (Å²) in [5.41, 5.74) is 2.82. The van der Waals surface area contributed by atoms with Gasteiger partial charge in [0.15, 0.2) is 0 Å². The number of hydrogen-bond acceptors (Lipinski definition) is 5. The predicted molar refractivity (Wildman–Crippen MR) is 118 cm³/mol. The number of primary sulfonamides is 1. The molecule has 2 aromatic carbocycles. The molecular formula is C22H23N3O3S2. The summed E-state index contributed by atoms with van der Waals surface area (Å²) < 4.78 is 23.0. The summed E-state index contributed by atoms with van der Waals surface area (Å²) in [4.78, 5) is 17.0. The summed E-state index contributed by atoms with van der Waals surface area (Å²) in [6.07, 6.45) is 0. The summed E-state index contributed by atoms with van der Waals surface area (Å²) in [6, 6.07) is 22.2. The second-order valence-electron chi connectivity index (χ2n) is 7.25. The molecule has 3 aromatic rings. The molecule has 0 saturated carbocycles. The number of rotatable bonds is 5. The van der Waals surface area contributed by atoms with E-state index in [1.165, 1.54) is 17.2 Å². The fourth-order valence-electron chi connectivity index (χ4n) is 3.83. The summed E-state index contributed by atoms with van der Waals surface area (Å²) in [6.45, 7) is 2.61. The number of nitrogens with zero attached hydrogens (tertiary/aromatic N) is 2. The van der Waals surface area contributed by atoms with Gasteiger partial charge in [-0.25, -0.2) is 13.6 Å². The smallest absolute Gasteiger partial charge is 0.254 e. The molecule has 1 aliphatic heterocycles. The third-order valence-electron chi connectivity index (χ3n) is 5.30. The van der Waals surface area contributed by atoms with Gasteiger partial charge in [-0.15, -0.1) is 11.3 Å². The van der Waals surface area contributed by atoms with Crippen LogP contribution in [0.25, 0.3) is 0 Å². The van der Waals surface area contributed by atoms with Gasteiger partial charge in [0.2, 0.25) is 10.0 Å². The molecule has 1 saturated heterocycles. The standard InChI is InChI=1S/C22H23N3O3S2/c23-30(27,28)20-15-19(16-29-20)22(26)25-13-11-24(12-14-25)21(17-7-3-1-4-8-17)18-9-5-2-6-10-18/h1-10,15-16,21H,11-14H2,(H2,23,27,28). The third-order valence-corrected chi connectivity index (χ3v) is 7.69. The number of carbonyl (C=O) groups is 1. The molecule has 0 atom stereocenters. The van der Waals surface area contributed by atoms with Gasteiger partial charge in [-0.3, -0.25) is 9.69 Å². The molecule has 0 aliphatic carbocycles.